The van der Waals surface area contributed by atoms with Crippen LogP contribution in [0.2, 0.25) is 0 Å². The Morgan fingerprint density at radius 1 is 0.269 bits per heavy atom. The summed E-state index contributed by atoms with van der Waals surface area (Å²) in [7, 11) is 0. The van der Waals surface area contributed by atoms with E-state index < -0.39 is 6.10 Å². The van der Waals surface area contributed by atoms with Crippen molar-refractivity contribution >= 4 is 17.9 Å². The molecule has 0 aliphatic heterocycles. The van der Waals surface area contributed by atoms with Gasteiger partial charge in [0.1, 0.15) is 13.2 Å². The number of esters is 3. The van der Waals surface area contributed by atoms with Crippen molar-refractivity contribution in [1.29, 1.82) is 0 Å². The summed E-state index contributed by atoms with van der Waals surface area (Å²) in [6, 6.07) is 0. The SMILES string of the molecule is CC/C=C\C/C=C\C/C=C\C/C=C\C/C=C\C/C=C\C/C=C\C/C=C\C/C=C\CCCCCCCC(=O)OCC(COC(=O)CCCCCCCCCC)OC(=O)CCCCCCCCCCCCCCCCCCCCC. The first-order valence-corrected chi connectivity index (χ1v) is 32.9. The van der Waals surface area contributed by atoms with E-state index in [1.54, 1.807) is 0 Å². The van der Waals surface area contributed by atoms with Crippen LogP contribution in [0.5, 0.6) is 0 Å². The number of hydrogen-bond acceptors (Lipinski definition) is 6. The van der Waals surface area contributed by atoms with Gasteiger partial charge in [-0.1, -0.05) is 310 Å². The zero-order chi connectivity index (χ0) is 56.4. The van der Waals surface area contributed by atoms with Crippen LogP contribution in [0.15, 0.2) is 109 Å². The van der Waals surface area contributed by atoms with Crippen LogP contribution in [0.4, 0.5) is 0 Å². The van der Waals surface area contributed by atoms with Gasteiger partial charge in [-0.05, 0) is 89.9 Å². The molecule has 0 aromatic rings. The average Bonchev–Trinajstić information content (AvgIpc) is 3.44. The Kier molecular flexibility index (Phi) is 62.3. The smallest absolute Gasteiger partial charge is 0.306 e. The number of carbonyl (C=O) groups is 3. The van der Waals surface area contributed by atoms with Gasteiger partial charge in [-0.2, -0.15) is 0 Å². The van der Waals surface area contributed by atoms with Gasteiger partial charge < -0.3 is 14.2 Å². The lowest BCUT2D eigenvalue weighted by atomic mass is 10.0. The minimum Gasteiger partial charge on any atom is -0.462 e. The molecule has 0 bridgehead atoms. The van der Waals surface area contributed by atoms with Crippen LogP contribution >= 0.6 is 0 Å². The van der Waals surface area contributed by atoms with Gasteiger partial charge in [-0.25, -0.2) is 0 Å². The summed E-state index contributed by atoms with van der Waals surface area (Å²) in [6.07, 6.45) is 89.7. The summed E-state index contributed by atoms with van der Waals surface area (Å²) in [5.74, 6) is -0.895. The van der Waals surface area contributed by atoms with E-state index in [4.69, 9.17) is 14.2 Å². The number of ether oxygens (including phenoxy) is 3. The normalized spacial score (nSPS) is 12.8. The van der Waals surface area contributed by atoms with Crippen molar-refractivity contribution in [2.45, 2.75) is 316 Å². The van der Waals surface area contributed by atoms with Crippen LogP contribution in [0.1, 0.15) is 310 Å². The van der Waals surface area contributed by atoms with E-state index >= 15 is 0 Å². The largest absolute Gasteiger partial charge is 0.462 e. The van der Waals surface area contributed by atoms with E-state index in [0.29, 0.717) is 19.3 Å². The van der Waals surface area contributed by atoms with Crippen LogP contribution in [0, 0.1) is 0 Å². The van der Waals surface area contributed by atoms with Gasteiger partial charge in [0.15, 0.2) is 6.10 Å². The molecule has 0 amide bonds. The van der Waals surface area contributed by atoms with Gasteiger partial charge in [-0.3, -0.25) is 14.4 Å². The summed E-state index contributed by atoms with van der Waals surface area (Å²) in [5.41, 5.74) is 0. The van der Waals surface area contributed by atoms with Crippen molar-refractivity contribution in [3.8, 4) is 0 Å². The molecule has 446 valence electrons. The fourth-order valence-corrected chi connectivity index (χ4v) is 9.14. The Balaban J connectivity index is 4.20. The molecule has 78 heavy (non-hydrogen) atoms. The molecule has 0 aliphatic rings. The van der Waals surface area contributed by atoms with E-state index in [9.17, 15) is 14.4 Å². The summed E-state index contributed by atoms with van der Waals surface area (Å²) in [5, 5.41) is 0. The standard InChI is InChI=1S/C72H122O6/c1-4-7-10-13-16-19-21-23-25-27-29-30-31-32-33-34-35-36-37-38-39-40-41-42-44-45-47-49-51-53-56-59-62-65-71(74)77-68-69(67-76-70(73)64-61-58-55-18-15-12-9-6-3)78-72(75)66-63-60-57-54-52-50-48-46-43-28-26-24-22-20-17-14-11-8-5-2/h7,10,16,19,23,25,29-30,32-33,35-36,38-39,41-42,45,47,69H,4-6,8-9,11-15,17-18,20-22,24,26-28,31,34,37,40,43-44,46,48-68H2,1-3H3/b10-7-,19-16-,25-23-,30-29-,33-32-,36-35-,39-38-,42-41-,47-45-. The van der Waals surface area contributed by atoms with Crippen molar-refractivity contribution in [3.63, 3.8) is 0 Å². The highest BCUT2D eigenvalue weighted by molar-refractivity contribution is 5.71. The van der Waals surface area contributed by atoms with Gasteiger partial charge in [0.05, 0.1) is 0 Å². The van der Waals surface area contributed by atoms with Crippen LogP contribution in [0.3, 0.4) is 0 Å². The topological polar surface area (TPSA) is 78.9 Å². The second kappa shape index (κ2) is 65.6. The highest BCUT2D eigenvalue weighted by atomic mass is 16.6. The van der Waals surface area contributed by atoms with E-state index in [1.165, 1.54) is 135 Å². The van der Waals surface area contributed by atoms with E-state index in [2.05, 4.69) is 130 Å². The molecule has 0 aromatic heterocycles. The Bertz CT molecular complexity index is 1570. The Morgan fingerprint density at radius 2 is 0.500 bits per heavy atom. The number of rotatable bonds is 59. The highest BCUT2D eigenvalue weighted by Crippen LogP contribution is 2.17. The predicted octanol–water partition coefficient (Wildman–Crippen LogP) is 22.6. The average molecular weight is 1080 g/mol. The third-order valence-electron chi connectivity index (χ3n) is 14.0. The maximum absolute atomic E-state index is 12.9. The van der Waals surface area contributed by atoms with Gasteiger partial charge in [0, 0.05) is 19.3 Å². The van der Waals surface area contributed by atoms with Crippen molar-refractivity contribution in [2.24, 2.45) is 0 Å². The molecule has 0 N–H and O–H groups in total. The second-order valence-electron chi connectivity index (χ2n) is 21.7. The fraction of sp³-hybridized carbons (Fsp3) is 0.708. The summed E-state index contributed by atoms with van der Waals surface area (Å²) in [4.78, 5) is 38.1. The summed E-state index contributed by atoms with van der Waals surface area (Å²) in [6.45, 7) is 6.51. The second-order valence-corrected chi connectivity index (χ2v) is 21.7. The van der Waals surface area contributed by atoms with Crippen molar-refractivity contribution in [3.05, 3.63) is 109 Å². The molecule has 1 unspecified atom stereocenters. The Morgan fingerprint density at radius 3 is 0.782 bits per heavy atom. The zero-order valence-corrected chi connectivity index (χ0v) is 51.2. The Hall–Kier alpha value is -3.93. The molecule has 0 aromatic carbocycles. The van der Waals surface area contributed by atoms with Crippen LogP contribution in [0.25, 0.3) is 0 Å². The first-order chi connectivity index (χ1) is 38.5. The van der Waals surface area contributed by atoms with Crippen LogP contribution in [-0.4, -0.2) is 37.2 Å². The highest BCUT2D eigenvalue weighted by Gasteiger charge is 2.19. The molecule has 0 saturated heterocycles. The lowest BCUT2D eigenvalue weighted by Gasteiger charge is -2.18. The molecule has 0 aliphatic carbocycles. The molecule has 0 heterocycles. The maximum atomic E-state index is 12.9. The summed E-state index contributed by atoms with van der Waals surface area (Å²) < 4.78 is 16.9. The molecule has 6 nitrogen and oxygen atoms in total. The molecule has 1 atom stereocenters. The third kappa shape index (κ3) is 62.9. The predicted molar refractivity (Wildman–Crippen MR) is 339 cm³/mol. The molecule has 0 spiro atoms. The first kappa shape index (κ1) is 74.1. The summed E-state index contributed by atoms with van der Waals surface area (Å²) >= 11 is 0. The maximum Gasteiger partial charge on any atom is 0.306 e. The van der Waals surface area contributed by atoms with Crippen molar-refractivity contribution in [2.75, 3.05) is 13.2 Å². The van der Waals surface area contributed by atoms with Gasteiger partial charge in [-0.15, -0.1) is 0 Å². The molecule has 0 rings (SSSR count). The Labute approximate surface area is 482 Å². The lowest BCUT2D eigenvalue weighted by molar-refractivity contribution is -0.167. The monoisotopic (exact) mass is 1080 g/mol. The molecule has 0 fully saturated rings. The van der Waals surface area contributed by atoms with Gasteiger partial charge in [0.25, 0.3) is 0 Å². The van der Waals surface area contributed by atoms with Crippen molar-refractivity contribution in [1.82, 2.24) is 0 Å². The quantitative estimate of drug-likeness (QED) is 0.0261. The lowest BCUT2D eigenvalue weighted by Crippen LogP contribution is -2.30. The minimum atomic E-state index is -0.783. The zero-order valence-electron chi connectivity index (χ0n) is 51.2. The van der Waals surface area contributed by atoms with E-state index in [0.717, 1.165) is 135 Å². The van der Waals surface area contributed by atoms with Crippen molar-refractivity contribution < 1.29 is 28.6 Å². The first-order valence-electron chi connectivity index (χ1n) is 32.9. The molecule has 0 radical (unpaired) electrons. The molecule has 6 heteroatoms. The molecule has 0 saturated carbocycles. The van der Waals surface area contributed by atoms with Gasteiger partial charge >= 0.3 is 17.9 Å². The number of hydrogen-bond donors (Lipinski definition) is 0. The fourth-order valence-electron chi connectivity index (χ4n) is 9.14. The van der Waals surface area contributed by atoms with E-state index in [1.807, 2.05) is 0 Å². The van der Waals surface area contributed by atoms with Gasteiger partial charge in [0.2, 0.25) is 0 Å². The van der Waals surface area contributed by atoms with Crippen LogP contribution in [-0.2, 0) is 28.6 Å². The molecular formula is C72H122O6. The third-order valence-corrected chi connectivity index (χ3v) is 14.0. The van der Waals surface area contributed by atoms with Crippen LogP contribution < -0.4 is 0 Å². The number of allylic oxidation sites excluding steroid dienone is 18. The van der Waals surface area contributed by atoms with E-state index in [-0.39, 0.29) is 31.1 Å². The number of unbranched alkanes of at least 4 members (excludes halogenated alkanes) is 30. The minimum absolute atomic E-state index is 0.0809. The number of carbonyl (C=O) groups excluding carboxylic acids is 3. The molecular weight excluding hydrogens is 961 g/mol.